The van der Waals surface area contributed by atoms with E-state index in [0.717, 1.165) is 55.7 Å². The summed E-state index contributed by atoms with van der Waals surface area (Å²) < 4.78 is 10.6. The second-order valence-corrected chi connectivity index (χ2v) is 5.96. The normalized spacial score (nSPS) is 21.5. The SMILES string of the molecule is CCNC(=NCc1c(C)noc1C)NCC1(C)CCOC1.I. The molecule has 2 rings (SSSR count). The number of rotatable bonds is 5. The molecule has 1 aromatic rings. The van der Waals surface area contributed by atoms with E-state index in [0.29, 0.717) is 6.54 Å². The number of ether oxygens (including phenoxy) is 1. The van der Waals surface area contributed by atoms with Gasteiger partial charge in [-0.25, -0.2) is 4.99 Å². The summed E-state index contributed by atoms with van der Waals surface area (Å²) in [4.78, 5) is 4.62. The Labute approximate surface area is 149 Å². The number of guanidine groups is 1. The van der Waals surface area contributed by atoms with Crippen LogP contribution >= 0.6 is 24.0 Å². The summed E-state index contributed by atoms with van der Waals surface area (Å²) in [6.07, 6.45) is 1.09. The Morgan fingerprint density at radius 3 is 2.68 bits per heavy atom. The van der Waals surface area contributed by atoms with Gasteiger partial charge in [0, 0.05) is 30.7 Å². The third-order valence-electron chi connectivity index (χ3n) is 3.90. The topological polar surface area (TPSA) is 71.7 Å². The van der Waals surface area contributed by atoms with Crippen molar-refractivity contribution in [1.29, 1.82) is 0 Å². The van der Waals surface area contributed by atoms with E-state index in [4.69, 9.17) is 9.26 Å². The number of aryl methyl sites for hydroxylation is 2. The van der Waals surface area contributed by atoms with Gasteiger partial charge in [0.05, 0.1) is 18.8 Å². The van der Waals surface area contributed by atoms with E-state index in [2.05, 4.69) is 34.6 Å². The molecule has 1 aromatic heterocycles. The van der Waals surface area contributed by atoms with Crippen molar-refractivity contribution in [2.45, 2.75) is 40.7 Å². The summed E-state index contributed by atoms with van der Waals surface area (Å²) >= 11 is 0. The summed E-state index contributed by atoms with van der Waals surface area (Å²) in [6.45, 7) is 12.1. The lowest BCUT2D eigenvalue weighted by molar-refractivity contribution is 0.160. The first-order valence-corrected chi connectivity index (χ1v) is 7.56. The van der Waals surface area contributed by atoms with Gasteiger partial charge in [0.2, 0.25) is 0 Å². The van der Waals surface area contributed by atoms with Gasteiger partial charge in [-0.3, -0.25) is 0 Å². The van der Waals surface area contributed by atoms with Crippen LogP contribution in [0, 0.1) is 19.3 Å². The number of nitrogens with one attached hydrogen (secondary N) is 2. The molecule has 0 spiro atoms. The molecule has 2 heterocycles. The molecule has 1 aliphatic rings. The standard InChI is InChI=1S/C15H26N4O2.HI/c1-5-16-14(18-9-15(4)6-7-20-10-15)17-8-13-11(2)19-21-12(13)3;/h5-10H2,1-4H3,(H2,16,17,18);1H. The smallest absolute Gasteiger partial charge is 0.191 e. The third kappa shape index (κ3) is 5.12. The Morgan fingerprint density at radius 2 is 2.14 bits per heavy atom. The first kappa shape index (κ1) is 19.2. The van der Waals surface area contributed by atoms with E-state index >= 15 is 0 Å². The molecule has 0 aliphatic carbocycles. The van der Waals surface area contributed by atoms with Crippen molar-refractivity contribution in [1.82, 2.24) is 15.8 Å². The van der Waals surface area contributed by atoms with Crippen molar-refractivity contribution in [3.05, 3.63) is 17.0 Å². The lowest BCUT2D eigenvalue weighted by atomic mass is 9.90. The summed E-state index contributed by atoms with van der Waals surface area (Å²) in [5.41, 5.74) is 2.16. The van der Waals surface area contributed by atoms with Crippen LogP contribution in [0.15, 0.2) is 9.52 Å². The Kier molecular flexibility index (Phi) is 7.61. The van der Waals surface area contributed by atoms with Gasteiger partial charge in [-0.1, -0.05) is 12.1 Å². The summed E-state index contributed by atoms with van der Waals surface area (Å²) in [6, 6.07) is 0. The van der Waals surface area contributed by atoms with Gasteiger partial charge in [-0.15, -0.1) is 24.0 Å². The second kappa shape index (κ2) is 8.71. The van der Waals surface area contributed by atoms with Gasteiger partial charge in [0.25, 0.3) is 0 Å². The lowest BCUT2D eigenvalue weighted by Crippen LogP contribution is -2.43. The van der Waals surface area contributed by atoms with Crippen LogP contribution in [-0.2, 0) is 11.3 Å². The molecular weight excluding hydrogens is 395 g/mol. The monoisotopic (exact) mass is 422 g/mol. The lowest BCUT2D eigenvalue weighted by Gasteiger charge is -2.23. The van der Waals surface area contributed by atoms with Gasteiger partial charge < -0.3 is 19.9 Å². The number of halogens is 1. The fraction of sp³-hybridized carbons (Fsp3) is 0.733. The zero-order chi connectivity index (χ0) is 15.3. The van der Waals surface area contributed by atoms with Crippen LogP contribution < -0.4 is 10.6 Å². The van der Waals surface area contributed by atoms with Crippen molar-refractivity contribution >= 4 is 29.9 Å². The molecule has 7 heteroatoms. The average Bonchev–Trinajstić information content (AvgIpc) is 3.02. The van der Waals surface area contributed by atoms with Crippen LogP contribution in [0.25, 0.3) is 0 Å². The van der Waals surface area contributed by atoms with Crippen LogP contribution in [0.3, 0.4) is 0 Å². The Bertz CT molecular complexity index is 476. The van der Waals surface area contributed by atoms with Crippen molar-refractivity contribution < 1.29 is 9.26 Å². The maximum atomic E-state index is 5.48. The maximum Gasteiger partial charge on any atom is 0.191 e. The zero-order valence-electron chi connectivity index (χ0n) is 13.9. The molecule has 1 atom stereocenters. The van der Waals surface area contributed by atoms with Crippen molar-refractivity contribution in [3.63, 3.8) is 0 Å². The van der Waals surface area contributed by atoms with Crippen LogP contribution in [0.5, 0.6) is 0 Å². The molecule has 6 nitrogen and oxygen atoms in total. The van der Waals surface area contributed by atoms with Crippen molar-refractivity contribution in [3.8, 4) is 0 Å². The maximum absolute atomic E-state index is 5.48. The zero-order valence-corrected chi connectivity index (χ0v) is 16.2. The van der Waals surface area contributed by atoms with Crippen LogP contribution in [-0.4, -0.2) is 37.4 Å². The molecule has 0 aromatic carbocycles. The second-order valence-electron chi connectivity index (χ2n) is 5.96. The van der Waals surface area contributed by atoms with E-state index in [9.17, 15) is 0 Å². The predicted molar refractivity (Wildman–Crippen MR) is 97.8 cm³/mol. The summed E-state index contributed by atoms with van der Waals surface area (Å²) in [5, 5.41) is 10.6. The Hall–Kier alpha value is -0.830. The van der Waals surface area contributed by atoms with Crippen molar-refractivity contribution in [2.75, 3.05) is 26.3 Å². The number of hydrogen-bond acceptors (Lipinski definition) is 4. The van der Waals surface area contributed by atoms with E-state index in [-0.39, 0.29) is 29.4 Å². The van der Waals surface area contributed by atoms with Gasteiger partial charge in [0.1, 0.15) is 5.76 Å². The van der Waals surface area contributed by atoms with Crippen LogP contribution in [0.4, 0.5) is 0 Å². The van der Waals surface area contributed by atoms with E-state index < -0.39 is 0 Å². The van der Waals surface area contributed by atoms with Crippen LogP contribution in [0.1, 0.15) is 37.3 Å². The molecule has 0 saturated carbocycles. The molecule has 2 N–H and O–H groups in total. The van der Waals surface area contributed by atoms with Crippen molar-refractivity contribution in [2.24, 2.45) is 10.4 Å². The first-order chi connectivity index (χ1) is 10.0. The minimum absolute atomic E-state index is 0. The first-order valence-electron chi connectivity index (χ1n) is 7.56. The minimum atomic E-state index is 0. The summed E-state index contributed by atoms with van der Waals surface area (Å²) in [7, 11) is 0. The quantitative estimate of drug-likeness (QED) is 0.433. The number of nitrogens with zero attached hydrogens (tertiary/aromatic N) is 2. The largest absolute Gasteiger partial charge is 0.381 e. The van der Waals surface area contributed by atoms with Gasteiger partial charge in [-0.2, -0.15) is 0 Å². The fourth-order valence-corrected chi connectivity index (χ4v) is 2.37. The fourth-order valence-electron chi connectivity index (χ4n) is 2.37. The van der Waals surface area contributed by atoms with Crippen LogP contribution in [0.2, 0.25) is 0 Å². The molecule has 1 unspecified atom stereocenters. The predicted octanol–water partition coefficient (Wildman–Crippen LogP) is 2.39. The third-order valence-corrected chi connectivity index (χ3v) is 3.90. The number of hydrogen-bond donors (Lipinski definition) is 2. The number of aliphatic imine (C=N–C) groups is 1. The molecule has 1 aliphatic heterocycles. The molecule has 0 amide bonds. The molecule has 0 bridgehead atoms. The van der Waals surface area contributed by atoms with E-state index in [1.54, 1.807) is 0 Å². The van der Waals surface area contributed by atoms with E-state index in [1.165, 1.54) is 0 Å². The van der Waals surface area contributed by atoms with E-state index in [1.807, 2.05) is 13.8 Å². The molecule has 1 saturated heterocycles. The highest BCUT2D eigenvalue weighted by molar-refractivity contribution is 14.0. The highest BCUT2D eigenvalue weighted by Gasteiger charge is 2.29. The Morgan fingerprint density at radius 1 is 1.36 bits per heavy atom. The molecule has 126 valence electrons. The Balaban J connectivity index is 0.00000242. The summed E-state index contributed by atoms with van der Waals surface area (Å²) in [5.74, 6) is 1.66. The molecular formula is C15H27IN4O2. The highest BCUT2D eigenvalue weighted by atomic mass is 127. The molecule has 1 fully saturated rings. The molecule has 22 heavy (non-hydrogen) atoms. The van der Waals surface area contributed by atoms with Gasteiger partial charge >= 0.3 is 0 Å². The number of aromatic nitrogens is 1. The van der Waals surface area contributed by atoms with Gasteiger partial charge in [0.15, 0.2) is 5.96 Å². The average molecular weight is 422 g/mol. The minimum Gasteiger partial charge on any atom is -0.381 e. The molecule has 0 radical (unpaired) electrons. The van der Waals surface area contributed by atoms with Gasteiger partial charge in [-0.05, 0) is 27.2 Å². The highest BCUT2D eigenvalue weighted by Crippen LogP contribution is 2.26.